The van der Waals surface area contributed by atoms with Gasteiger partial charge in [-0.2, -0.15) is 0 Å². The summed E-state index contributed by atoms with van der Waals surface area (Å²) in [5, 5.41) is 0. The molecule has 20 heavy (non-hydrogen) atoms. The van der Waals surface area contributed by atoms with Gasteiger partial charge in [0.25, 0.3) is 0 Å². The van der Waals surface area contributed by atoms with Crippen LogP contribution in [0, 0.1) is 5.92 Å². The van der Waals surface area contributed by atoms with Crippen molar-refractivity contribution in [2.75, 3.05) is 0 Å². The number of rotatable bonds is 3. The van der Waals surface area contributed by atoms with Crippen molar-refractivity contribution in [1.82, 2.24) is 0 Å². The van der Waals surface area contributed by atoms with E-state index in [1.807, 2.05) is 10.1 Å². The Balaban J connectivity index is 1.71. The second kappa shape index (κ2) is 6.41. The third-order valence-corrected chi connectivity index (χ3v) is 4.56. The Morgan fingerprint density at radius 3 is 2.55 bits per heavy atom. The van der Waals surface area contributed by atoms with E-state index in [2.05, 4.69) is 72.0 Å². The molecule has 2 aliphatic rings. The van der Waals surface area contributed by atoms with Crippen molar-refractivity contribution in [3.63, 3.8) is 0 Å². The molecule has 1 aromatic rings. The van der Waals surface area contributed by atoms with E-state index < -0.39 is 0 Å². The molecule has 2 saturated heterocycles. The summed E-state index contributed by atoms with van der Waals surface area (Å²) in [6.45, 7) is 2.22. The van der Waals surface area contributed by atoms with Crippen LogP contribution < -0.4 is 0 Å². The van der Waals surface area contributed by atoms with Gasteiger partial charge in [0.1, 0.15) is 6.10 Å². The molecule has 3 heteroatoms. The molecular weight excluding hydrogens is 363 g/mol. The molecule has 0 aliphatic carbocycles. The van der Waals surface area contributed by atoms with E-state index in [0.717, 1.165) is 6.42 Å². The number of hydrogen-bond donors (Lipinski definition) is 0. The summed E-state index contributed by atoms with van der Waals surface area (Å²) in [5.41, 5.74) is 1.21. The van der Waals surface area contributed by atoms with E-state index in [1.165, 1.54) is 5.56 Å². The van der Waals surface area contributed by atoms with Gasteiger partial charge in [0.2, 0.25) is 0 Å². The molecule has 0 unspecified atom stereocenters. The fourth-order valence-electron chi connectivity index (χ4n) is 2.95. The molecule has 0 spiro atoms. The monoisotopic (exact) mass is 382 g/mol. The van der Waals surface area contributed by atoms with Gasteiger partial charge in [-0.15, -0.1) is 0 Å². The summed E-state index contributed by atoms with van der Waals surface area (Å²) in [6.07, 6.45) is 8.22. The molecule has 1 aromatic carbocycles. The molecule has 0 saturated carbocycles. The van der Waals surface area contributed by atoms with Gasteiger partial charge in [-0.05, 0) is 15.7 Å². The van der Waals surface area contributed by atoms with Gasteiger partial charge in [-0.3, -0.25) is 0 Å². The highest BCUT2D eigenvalue weighted by Gasteiger charge is 2.45. The second-order valence-corrected chi connectivity index (χ2v) is 6.18. The van der Waals surface area contributed by atoms with E-state index in [1.54, 1.807) is 0 Å². The SMILES string of the molecule is C[C@H]1[C@H](/C=C/c2ccccc2)O[C@@H]2C[C@H]1O[C@@H]2/C=C\I. The van der Waals surface area contributed by atoms with E-state index in [0.29, 0.717) is 12.0 Å². The predicted molar refractivity (Wildman–Crippen MR) is 89.7 cm³/mol. The zero-order chi connectivity index (χ0) is 13.9. The van der Waals surface area contributed by atoms with Crippen LogP contribution in [0.25, 0.3) is 6.08 Å². The summed E-state index contributed by atoms with van der Waals surface area (Å²) < 4.78 is 14.3. The zero-order valence-electron chi connectivity index (χ0n) is 11.5. The lowest BCUT2D eigenvalue weighted by molar-refractivity contribution is -0.0403. The summed E-state index contributed by atoms with van der Waals surface area (Å²) in [5.74, 6) is 0.402. The van der Waals surface area contributed by atoms with Crippen molar-refractivity contribution in [2.45, 2.75) is 37.8 Å². The Kier molecular flexibility index (Phi) is 4.58. The molecule has 106 valence electrons. The minimum atomic E-state index is 0.120. The molecule has 5 atom stereocenters. The highest BCUT2D eigenvalue weighted by molar-refractivity contribution is 14.1. The lowest BCUT2D eigenvalue weighted by Gasteiger charge is -2.31. The number of ether oxygens (including phenoxy) is 2. The van der Waals surface area contributed by atoms with Crippen molar-refractivity contribution in [1.29, 1.82) is 0 Å². The van der Waals surface area contributed by atoms with Crippen LogP contribution in [-0.2, 0) is 9.47 Å². The molecule has 0 radical (unpaired) electrons. The van der Waals surface area contributed by atoms with Crippen LogP contribution in [0.1, 0.15) is 18.9 Å². The largest absolute Gasteiger partial charge is 0.368 e. The number of benzene rings is 1. The van der Waals surface area contributed by atoms with E-state index >= 15 is 0 Å². The highest BCUT2D eigenvalue weighted by atomic mass is 127. The first-order chi connectivity index (χ1) is 9.78. The van der Waals surface area contributed by atoms with Crippen LogP contribution in [0.15, 0.2) is 46.6 Å². The summed E-state index contributed by atoms with van der Waals surface area (Å²) in [6, 6.07) is 10.4. The Morgan fingerprint density at radius 1 is 1.05 bits per heavy atom. The van der Waals surface area contributed by atoms with Gasteiger partial charge < -0.3 is 9.47 Å². The molecular formula is C17H19IO2. The number of hydrogen-bond acceptors (Lipinski definition) is 2. The van der Waals surface area contributed by atoms with Crippen molar-refractivity contribution in [3.8, 4) is 0 Å². The molecule has 0 amide bonds. The van der Waals surface area contributed by atoms with Gasteiger partial charge in [0.15, 0.2) is 0 Å². The lowest BCUT2D eigenvalue weighted by Crippen LogP contribution is -2.37. The standard InChI is InChI=1S/C17H19IO2/c1-12-14(8-7-13-5-3-2-4-6-13)19-17-11-16(12)20-15(17)9-10-18/h2-10,12,14-17H,11H2,1H3/b8-7+,10-9-/t12-,14-,15+,16+,17+/m0/s1. The van der Waals surface area contributed by atoms with Gasteiger partial charge in [-0.1, -0.05) is 72.0 Å². The summed E-state index contributed by atoms with van der Waals surface area (Å²) >= 11 is 2.24. The molecule has 0 N–H and O–H groups in total. The van der Waals surface area contributed by atoms with E-state index in [4.69, 9.17) is 9.47 Å². The van der Waals surface area contributed by atoms with E-state index in [-0.39, 0.29) is 18.3 Å². The van der Waals surface area contributed by atoms with Crippen LogP contribution >= 0.6 is 22.6 Å². The fraction of sp³-hybridized carbons (Fsp3) is 0.412. The maximum atomic E-state index is 6.21. The van der Waals surface area contributed by atoms with Gasteiger partial charge >= 0.3 is 0 Å². The Morgan fingerprint density at radius 2 is 1.80 bits per heavy atom. The van der Waals surface area contributed by atoms with Crippen LogP contribution in [0.3, 0.4) is 0 Å². The van der Waals surface area contributed by atoms with Gasteiger partial charge in [0.05, 0.1) is 18.3 Å². The first-order valence-electron chi connectivity index (χ1n) is 7.09. The predicted octanol–water partition coefficient (Wildman–Crippen LogP) is 4.21. The van der Waals surface area contributed by atoms with Crippen molar-refractivity contribution < 1.29 is 9.47 Å². The smallest absolute Gasteiger partial charge is 0.103 e. The maximum Gasteiger partial charge on any atom is 0.103 e. The zero-order valence-corrected chi connectivity index (χ0v) is 13.6. The Hall–Kier alpha value is -0.650. The first kappa shape index (κ1) is 14.3. The van der Waals surface area contributed by atoms with Crippen molar-refractivity contribution in [3.05, 3.63) is 52.1 Å². The molecule has 3 rings (SSSR count). The van der Waals surface area contributed by atoms with Gasteiger partial charge in [0, 0.05) is 12.3 Å². The second-order valence-electron chi connectivity index (χ2n) is 5.46. The normalized spacial score (nSPS) is 37.0. The molecule has 2 nitrogen and oxygen atoms in total. The molecule has 2 fully saturated rings. The number of fused-ring (bicyclic) bond motifs is 2. The van der Waals surface area contributed by atoms with Crippen LogP contribution in [0.4, 0.5) is 0 Å². The Bertz CT molecular complexity index is 497. The maximum absolute atomic E-state index is 6.21. The van der Waals surface area contributed by atoms with Crippen LogP contribution in [0.5, 0.6) is 0 Å². The van der Waals surface area contributed by atoms with Crippen molar-refractivity contribution in [2.24, 2.45) is 5.92 Å². The summed E-state index contributed by atoms with van der Waals surface area (Å²) in [4.78, 5) is 0. The molecule has 2 aliphatic heterocycles. The van der Waals surface area contributed by atoms with Crippen LogP contribution in [0.2, 0.25) is 0 Å². The van der Waals surface area contributed by atoms with Gasteiger partial charge in [-0.25, -0.2) is 0 Å². The van der Waals surface area contributed by atoms with Crippen molar-refractivity contribution >= 4 is 28.7 Å². The third kappa shape index (κ3) is 3.00. The Labute approximate surface area is 134 Å². The quantitative estimate of drug-likeness (QED) is 0.730. The summed E-state index contributed by atoms with van der Waals surface area (Å²) in [7, 11) is 0. The average Bonchev–Trinajstić information content (AvgIpc) is 2.82. The van der Waals surface area contributed by atoms with E-state index in [9.17, 15) is 0 Å². The fourth-order valence-corrected chi connectivity index (χ4v) is 3.36. The first-order valence-corrected chi connectivity index (χ1v) is 8.33. The lowest BCUT2D eigenvalue weighted by atomic mass is 9.91. The molecule has 2 heterocycles. The minimum Gasteiger partial charge on any atom is -0.368 e. The average molecular weight is 382 g/mol. The molecule has 0 aromatic heterocycles. The minimum absolute atomic E-state index is 0.120. The highest BCUT2D eigenvalue weighted by Crippen LogP contribution is 2.38. The third-order valence-electron chi connectivity index (χ3n) is 4.14. The number of halogens is 1. The molecule has 2 bridgehead atoms. The van der Waals surface area contributed by atoms with Crippen LogP contribution in [-0.4, -0.2) is 24.4 Å². The topological polar surface area (TPSA) is 18.5 Å².